The Hall–Kier alpha value is -1.51. The maximum atomic E-state index is 13.7. The molecule has 0 bridgehead atoms. The van der Waals surface area contributed by atoms with Crippen LogP contribution >= 0.6 is 27.7 Å². The third-order valence-corrected chi connectivity index (χ3v) is 4.17. The maximum Gasteiger partial charge on any atom is 0.128 e. The molecule has 0 saturated carbocycles. The lowest BCUT2D eigenvalue weighted by atomic mass is 10.1. The van der Waals surface area contributed by atoms with Crippen molar-refractivity contribution in [2.75, 3.05) is 5.73 Å². The minimum absolute atomic E-state index is 0.328. The molecule has 5 heteroatoms. The van der Waals surface area contributed by atoms with E-state index in [0.29, 0.717) is 22.6 Å². The van der Waals surface area contributed by atoms with Crippen molar-refractivity contribution in [3.63, 3.8) is 0 Å². The Kier molecular flexibility index (Phi) is 4.46. The second-order valence-electron chi connectivity index (χ2n) is 3.89. The zero-order chi connectivity index (χ0) is 13.8. The maximum absolute atomic E-state index is 13.7. The third kappa shape index (κ3) is 3.49. The van der Waals surface area contributed by atoms with Gasteiger partial charge in [-0.25, -0.2) is 4.39 Å². The van der Waals surface area contributed by atoms with Gasteiger partial charge in [-0.15, -0.1) is 11.8 Å². The van der Waals surface area contributed by atoms with E-state index < -0.39 is 0 Å². The first-order valence-electron chi connectivity index (χ1n) is 5.46. The molecule has 0 fully saturated rings. The molecule has 2 aromatic rings. The van der Waals surface area contributed by atoms with E-state index in [1.165, 1.54) is 17.8 Å². The summed E-state index contributed by atoms with van der Waals surface area (Å²) < 4.78 is 14.6. The van der Waals surface area contributed by atoms with Crippen LogP contribution in [0.15, 0.2) is 45.8 Å². The van der Waals surface area contributed by atoms with Crippen LogP contribution in [-0.2, 0) is 5.75 Å². The van der Waals surface area contributed by atoms with Gasteiger partial charge in [0.25, 0.3) is 0 Å². The SMILES string of the molecule is N#Cc1ccc(CSc2ccc(Br)cc2N)c(F)c1. The van der Waals surface area contributed by atoms with Crippen LogP contribution in [0.3, 0.4) is 0 Å². The molecule has 2 aromatic carbocycles. The Bertz CT molecular complexity index is 652. The Labute approximate surface area is 123 Å². The molecule has 0 aromatic heterocycles. The summed E-state index contributed by atoms with van der Waals surface area (Å²) in [5, 5.41) is 8.68. The molecule has 0 radical (unpaired) electrons. The summed E-state index contributed by atoms with van der Waals surface area (Å²) in [4.78, 5) is 0.909. The van der Waals surface area contributed by atoms with Gasteiger partial charge in [-0.05, 0) is 35.9 Å². The summed E-state index contributed by atoms with van der Waals surface area (Å²) in [6, 6.07) is 12.0. The lowest BCUT2D eigenvalue weighted by molar-refractivity contribution is 0.617. The predicted octanol–water partition coefficient (Wildman–Crippen LogP) is 4.33. The molecule has 0 spiro atoms. The van der Waals surface area contributed by atoms with E-state index >= 15 is 0 Å². The fourth-order valence-corrected chi connectivity index (χ4v) is 2.85. The van der Waals surface area contributed by atoms with Gasteiger partial charge in [0.2, 0.25) is 0 Å². The summed E-state index contributed by atoms with van der Waals surface area (Å²) in [5.41, 5.74) is 7.43. The van der Waals surface area contributed by atoms with Gasteiger partial charge < -0.3 is 5.73 Å². The van der Waals surface area contributed by atoms with E-state index in [0.717, 1.165) is 9.37 Å². The molecule has 0 heterocycles. The van der Waals surface area contributed by atoms with Crippen LogP contribution in [-0.4, -0.2) is 0 Å². The van der Waals surface area contributed by atoms with E-state index in [-0.39, 0.29) is 5.82 Å². The monoisotopic (exact) mass is 336 g/mol. The second kappa shape index (κ2) is 6.09. The number of nitriles is 1. The standard InChI is InChI=1S/C14H10BrFN2S/c15-11-3-4-14(13(18)6-11)19-8-10-2-1-9(7-17)5-12(10)16/h1-6H,8,18H2. The largest absolute Gasteiger partial charge is 0.398 e. The number of nitrogen functional groups attached to an aromatic ring is 1. The smallest absolute Gasteiger partial charge is 0.128 e. The second-order valence-corrected chi connectivity index (χ2v) is 5.82. The van der Waals surface area contributed by atoms with Crippen LogP contribution in [0.5, 0.6) is 0 Å². The molecular formula is C14H10BrFN2S. The summed E-state index contributed by atoms with van der Waals surface area (Å²) in [6.45, 7) is 0. The minimum Gasteiger partial charge on any atom is -0.398 e. The topological polar surface area (TPSA) is 49.8 Å². The van der Waals surface area contributed by atoms with E-state index in [2.05, 4.69) is 15.9 Å². The van der Waals surface area contributed by atoms with E-state index in [1.807, 2.05) is 24.3 Å². The fraction of sp³-hybridized carbons (Fsp3) is 0.0714. The Morgan fingerprint density at radius 3 is 2.68 bits per heavy atom. The predicted molar refractivity (Wildman–Crippen MR) is 79.2 cm³/mol. The lowest BCUT2D eigenvalue weighted by Gasteiger charge is -2.07. The number of anilines is 1. The molecular weight excluding hydrogens is 327 g/mol. The molecule has 19 heavy (non-hydrogen) atoms. The molecule has 0 saturated heterocycles. The van der Waals surface area contributed by atoms with Crippen LogP contribution < -0.4 is 5.73 Å². The average molecular weight is 337 g/mol. The molecule has 0 amide bonds. The fourth-order valence-electron chi connectivity index (χ4n) is 1.54. The van der Waals surface area contributed by atoms with Crippen LogP contribution in [0.2, 0.25) is 0 Å². The highest BCUT2D eigenvalue weighted by molar-refractivity contribution is 9.10. The molecule has 2 nitrogen and oxygen atoms in total. The number of nitrogens with zero attached hydrogens (tertiary/aromatic N) is 1. The van der Waals surface area contributed by atoms with Gasteiger partial charge in [0.15, 0.2) is 0 Å². The van der Waals surface area contributed by atoms with Crippen molar-refractivity contribution < 1.29 is 4.39 Å². The van der Waals surface area contributed by atoms with Gasteiger partial charge in [0.05, 0.1) is 11.6 Å². The average Bonchev–Trinajstić information content (AvgIpc) is 2.39. The zero-order valence-electron chi connectivity index (χ0n) is 9.86. The van der Waals surface area contributed by atoms with Gasteiger partial charge in [-0.2, -0.15) is 5.26 Å². The van der Waals surface area contributed by atoms with E-state index in [4.69, 9.17) is 11.0 Å². The highest BCUT2D eigenvalue weighted by atomic mass is 79.9. The summed E-state index contributed by atoms with van der Waals surface area (Å²) in [7, 11) is 0. The summed E-state index contributed by atoms with van der Waals surface area (Å²) >= 11 is 4.81. The first-order valence-corrected chi connectivity index (χ1v) is 7.24. The van der Waals surface area contributed by atoms with E-state index in [9.17, 15) is 4.39 Å². The van der Waals surface area contributed by atoms with E-state index in [1.54, 1.807) is 12.1 Å². The number of benzene rings is 2. The Balaban J connectivity index is 2.13. The number of nitrogens with two attached hydrogens (primary N) is 1. The van der Waals surface area contributed by atoms with Crippen molar-refractivity contribution in [2.24, 2.45) is 0 Å². The minimum atomic E-state index is -0.359. The Morgan fingerprint density at radius 2 is 2.05 bits per heavy atom. The lowest BCUT2D eigenvalue weighted by Crippen LogP contribution is -1.92. The van der Waals surface area contributed by atoms with Crippen LogP contribution in [0.25, 0.3) is 0 Å². The zero-order valence-corrected chi connectivity index (χ0v) is 12.3. The van der Waals surface area contributed by atoms with Crippen molar-refractivity contribution in [2.45, 2.75) is 10.6 Å². The molecule has 0 unspecified atom stereocenters. The van der Waals surface area contributed by atoms with Crippen molar-refractivity contribution in [3.05, 3.63) is 57.8 Å². The van der Waals surface area contributed by atoms with Crippen molar-refractivity contribution in [1.29, 1.82) is 5.26 Å². The van der Waals surface area contributed by atoms with Crippen LogP contribution in [0.4, 0.5) is 10.1 Å². The highest BCUT2D eigenvalue weighted by Crippen LogP contribution is 2.30. The number of hydrogen-bond donors (Lipinski definition) is 1. The van der Waals surface area contributed by atoms with Crippen molar-refractivity contribution in [1.82, 2.24) is 0 Å². The molecule has 96 valence electrons. The quantitative estimate of drug-likeness (QED) is 0.670. The van der Waals surface area contributed by atoms with Gasteiger partial charge in [0.1, 0.15) is 5.82 Å². The molecule has 0 aliphatic heterocycles. The van der Waals surface area contributed by atoms with Crippen molar-refractivity contribution in [3.8, 4) is 6.07 Å². The number of hydrogen-bond acceptors (Lipinski definition) is 3. The molecule has 0 atom stereocenters. The van der Waals surface area contributed by atoms with Crippen molar-refractivity contribution >= 4 is 33.4 Å². The number of halogens is 2. The van der Waals surface area contributed by atoms with Gasteiger partial charge in [0, 0.05) is 20.8 Å². The van der Waals surface area contributed by atoms with Gasteiger partial charge >= 0.3 is 0 Å². The number of rotatable bonds is 3. The van der Waals surface area contributed by atoms with Crippen LogP contribution in [0, 0.1) is 17.1 Å². The highest BCUT2D eigenvalue weighted by Gasteiger charge is 2.06. The molecule has 2 rings (SSSR count). The number of thioether (sulfide) groups is 1. The molecule has 0 aliphatic rings. The molecule has 0 aliphatic carbocycles. The first-order chi connectivity index (χ1) is 9.10. The molecule has 2 N–H and O–H groups in total. The first kappa shape index (κ1) is 13.9. The Morgan fingerprint density at radius 1 is 1.26 bits per heavy atom. The third-order valence-electron chi connectivity index (χ3n) is 2.54. The van der Waals surface area contributed by atoms with Crippen LogP contribution in [0.1, 0.15) is 11.1 Å². The normalized spacial score (nSPS) is 10.2. The summed E-state index contributed by atoms with van der Waals surface area (Å²) in [6.07, 6.45) is 0. The summed E-state index contributed by atoms with van der Waals surface area (Å²) in [5.74, 6) is 0.117. The van der Waals surface area contributed by atoms with Gasteiger partial charge in [-0.3, -0.25) is 0 Å². The van der Waals surface area contributed by atoms with Gasteiger partial charge in [-0.1, -0.05) is 22.0 Å².